The molecule has 0 N–H and O–H groups in total. The molecule has 6 nitrogen and oxygen atoms in total. The Morgan fingerprint density at radius 1 is 1.08 bits per heavy atom. The van der Waals surface area contributed by atoms with Crippen molar-refractivity contribution in [2.24, 2.45) is 5.92 Å². The minimum absolute atomic E-state index is 0.00299. The van der Waals surface area contributed by atoms with Crippen LogP contribution in [0, 0.1) is 17.6 Å². The van der Waals surface area contributed by atoms with Crippen LogP contribution in [0.5, 0.6) is 0 Å². The van der Waals surface area contributed by atoms with Crippen molar-refractivity contribution < 1.29 is 39.6 Å². The summed E-state index contributed by atoms with van der Waals surface area (Å²) in [6.07, 6.45) is -5.78. The molecule has 0 amide bonds. The number of benzene rings is 1. The number of aryl methyl sites for hydroxylation is 1. The zero-order valence-electron chi connectivity index (χ0n) is 19.6. The van der Waals surface area contributed by atoms with Gasteiger partial charge in [-0.25, -0.2) is 21.6 Å². The van der Waals surface area contributed by atoms with Gasteiger partial charge in [0.15, 0.2) is 11.6 Å². The highest BCUT2D eigenvalue weighted by molar-refractivity contribution is 7.89. The van der Waals surface area contributed by atoms with Gasteiger partial charge in [0, 0.05) is 38.2 Å². The molecule has 1 aromatic carbocycles. The quantitative estimate of drug-likeness (QED) is 0.478. The van der Waals surface area contributed by atoms with E-state index in [0.717, 1.165) is 34.8 Å². The van der Waals surface area contributed by atoms with Gasteiger partial charge >= 0.3 is 6.18 Å². The monoisotopic (exact) mass is 549 g/mol. The molecule has 0 unspecified atom stereocenters. The molecule has 2 atom stereocenters. The van der Waals surface area contributed by atoms with E-state index in [-0.39, 0.29) is 55.8 Å². The number of pyridine rings is 1. The average molecular weight is 550 g/mol. The van der Waals surface area contributed by atoms with Crippen molar-refractivity contribution in [3.8, 4) is 0 Å². The maximum absolute atomic E-state index is 14.4. The second-order valence-corrected chi connectivity index (χ2v) is 11.2. The fourth-order valence-electron chi connectivity index (χ4n) is 4.77. The van der Waals surface area contributed by atoms with Crippen LogP contribution in [0.1, 0.15) is 31.4 Å². The molecule has 13 heteroatoms. The minimum atomic E-state index is -4.30. The lowest BCUT2D eigenvalue weighted by atomic mass is 9.96. The second-order valence-electron chi connectivity index (χ2n) is 9.27. The summed E-state index contributed by atoms with van der Waals surface area (Å²) >= 11 is 0. The van der Waals surface area contributed by atoms with Crippen LogP contribution in [0.15, 0.2) is 41.4 Å². The van der Waals surface area contributed by atoms with E-state index >= 15 is 0 Å². The Bertz CT molecular complexity index is 1230. The first kappa shape index (κ1) is 27.4. The number of aromatic nitrogens is 1. The highest BCUT2D eigenvalue weighted by Gasteiger charge is 2.44. The van der Waals surface area contributed by atoms with E-state index < -0.39 is 58.3 Å². The number of halogens is 6. The van der Waals surface area contributed by atoms with E-state index in [1.54, 1.807) is 0 Å². The number of nitrogens with zero attached hydrogens (tertiary/aromatic N) is 3. The molecule has 202 valence electrons. The maximum atomic E-state index is 14.4. The third-order valence-corrected chi connectivity index (χ3v) is 8.70. The van der Waals surface area contributed by atoms with E-state index in [2.05, 4.69) is 4.98 Å². The fourth-order valence-corrected chi connectivity index (χ4v) is 6.42. The van der Waals surface area contributed by atoms with Gasteiger partial charge in [0.1, 0.15) is 12.0 Å². The van der Waals surface area contributed by atoms with Gasteiger partial charge in [0.05, 0.1) is 28.7 Å². The molecule has 3 heterocycles. The van der Waals surface area contributed by atoms with Crippen molar-refractivity contribution in [3.63, 3.8) is 0 Å². The van der Waals surface area contributed by atoms with Crippen LogP contribution in [0.25, 0.3) is 0 Å². The summed E-state index contributed by atoms with van der Waals surface area (Å²) in [5.41, 5.74) is 0.383. The SMILES string of the molecule is O=C(CCc1cc(N2CCC(C(F)(F)F)CC2)c(F)cn1)[C@@H]1C[C@@H](F)CN1S(=O)(=O)c1ccc(F)cc1. The molecule has 2 aliphatic heterocycles. The number of piperidine rings is 1. The first-order valence-electron chi connectivity index (χ1n) is 11.8. The molecule has 2 fully saturated rings. The molecule has 0 bridgehead atoms. The molecule has 0 radical (unpaired) electrons. The Labute approximate surface area is 210 Å². The Morgan fingerprint density at radius 2 is 1.73 bits per heavy atom. The van der Waals surface area contributed by atoms with Gasteiger partial charge in [-0.15, -0.1) is 0 Å². The smallest absolute Gasteiger partial charge is 0.369 e. The normalized spacial score (nSPS) is 21.9. The molecule has 37 heavy (non-hydrogen) atoms. The van der Waals surface area contributed by atoms with Crippen LogP contribution < -0.4 is 4.90 Å². The Balaban J connectivity index is 1.43. The number of anilines is 1. The number of rotatable bonds is 7. The molecule has 0 aliphatic carbocycles. The first-order chi connectivity index (χ1) is 17.4. The lowest BCUT2D eigenvalue weighted by Gasteiger charge is -2.34. The van der Waals surface area contributed by atoms with Crippen LogP contribution in [0.3, 0.4) is 0 Å². The van der Waals surface area contributed by atoms with Crippen LogP contribution in [-0.2, 0) is 21.2 Å². The lowest BCUT2D eigenvalue weighted by molar-refractivity contribution is -0.179. The van der Waals surface area contributed by atoms with Crippen molar-refractivity contribution in [1.82, 2.24) is 9.29 Å². The number of sulfonamides is 1. The zero-order chi connectivity index (χ0) is 27.0. The van der Waals surface area contributed by atoms with Gasteiger partial charge in [-0.3, -0.25) is 9.78 Å². The molecule has 4 rings (SSSR count). The van der Waals surface area contributed by atoms with Gasteiger partial charge in [0.2, 0.25) is 10.0 Å². The van der Waals surface area contributed by atoms with Crippen LogP contribution in [0.4, 0.5) is 32.0 Å². The lowest BCUT2D eigenvalue weighted by Crippen LogP contribution is -2.40. The first-order valence-corrected chi connectivity index (χ1v) is 13.2. The average Bonchev–Trinajstić information content (AvgIpc) is 3.26. The van der Waals surface area contributed by atoms with Crippen molar-refractivity contribution in [3.05, 3.63) is 53.9 Å². The number of Topliss-reactive ketones (excluding diaryl/α,β-unsaturated/α-hetero) is 1. The van der Waals surface area contributed by atoms with Crippen molar-refractivity contribution in [2.75, 3.05) is 24.5 Å². The topological polar surface area (TPSA) is 70.6 Å². The van der Waals surface area contributed by atoms with Crippen LogP contribution >= 0.6 is 0 Å². The van der Waals surface area contributed by atoms with Gasteiger partial charge in [0.25, 0.3) is 0 Å². The van der Waals surface area contributed by atoms with Crippen molar-refractivity contribution >= 4 is 21.5 Å². The summed E-state index contributed by atoms with van der Waals surface area (Å²) in [5.74, 6) is -3.34. The van der Waals surface area contributed by atoms with E-state index in [1.807, 2.05) is 0 Å². The fraction of sp³-hybridized carbons (Fsp3) is 0.500. The van der Waals surface area contributed by atoms with Crippen LogP contribution in [-0.4, -0.2) is 61.5 Å². The summed E-state index contributed by atoms with van der Waals surface area (Å²) < 4.78 is 107. The highest BCUT2D eigenvalue weighted by atomic mass is 32.2. The van der Waals surface area contributed by atoms with Crippen molar-refractivity contribution in [1.29, 1.82) is 0 Å². The number of hydrogen-bond acceptors (Lipinski definition) is 5. The molecule has 2 aliphatic rings. The predicted octanol–water partition coefficient (Wildman–Crippen LogP) is 4.44. The third kappa shape index (κ3) is 6.08. The summed E-state index contributed by atoms with van der Waals surface area (Å²) in [6.45, 7) is -0.484. The van der Waals surface area contributed by atoms with E-state index in [0.29, 0.717) is 5.69 Å². The van der Waals surface area contributed by atoms with Crippen LogP contribution in [0.2, 0.25) is 0 Å². The molecule has 1 aromatic heterocycles. The highest BCUT2D eigenvalue weighted by Crippen LogP contribution is 2.36. The largest absolute Gasteiger partial charge is 0.391 e. The summed E-state index contributed by atoms with van der Waals surface area (Å²) in [7, 11) is -4.25. The summed E-state index contributed by atoms with van der Waals surface area (Å²) in [5, 5.41) is 0. The van der Waals surface area contributed by atoms with Crippen molar-refractivity contribution in [2.45, 2.75) is 55.4 Å². The number of carbonyl (C=O) groups is 1. The Kier molecular flexibility index (Phi) is 7.84. The third-order valence-electron chi connectivity index (χ3n) is 6.81. The molecule has 2 aromatic rings. The number of carbonyl (C=O) groups excluding carboxylic acids is 1. The Morgan fingerprint density at radius 3 is 2.35 bits per heavy atom. The van der Waals surface area contributed by atoms with E-state index in [4.69, 9.17) is 0 Å². The van der Waals surface area contributed by atoms with Gasteiger partial charge < -0.3 is 4.90 Å². The molecular weight excluding hydrogens is 524 g/mol. The zero-order valence-corrected chi connectivity index (χ0v) is 20.4. The number of alkyl halides is 4. The predicted molar refractivity (Wildman–Crippen MR) is 122 cm³/mol. The Hall–Kier alpha value is -2.67. The second kappa shape index (κ2) is 10.6. The summed E-state index contributed by atoms with van der Waals surface area (Å²) in [6, 6.07) is 4.10. The summed E-state index contributed by atoms with van der Waals surface area (Å²) in [4.78, 5) is 18.1. The van der Waals surface area contributed by atoms with Gasteiger partial charge in [-0.1, -0.05) is 0 Å². The number of ketones is 1. The number of hydrogen-bond donors (Lipinski definition) is 0. The van der Waals surface area contributed by atoms with Gasteiger partial charge in [-0.2, -0.15) is 17.5 Å². The minimum Gasteiger partial charge on any atom is -0.369 e. The van der Waals surface area contributed by atoms with E-state index in [9.17, 15) is 39.6 Å². The molecular formula is C24H25F6N3O3S. The molecule has 0 saturated carbocycles. The standard InChI is InChI=1S/C24H25F6N3O3S/c25-16-1-4-19(5-2-16)37(35,36)33-14-17(26)11-22(33)23(34)6-3-18-12-21(20(27)13-31-18)32-9-7-15(8-10-32)24(28,29)30/h1-2,4-5,12-13,15,17,22H,3,6-11,14H2/t17-,22+/m1/s1. The van der Waals surface area contributed by atoms with E-state index in [1.165, 1.54) is 11.0 Å². The molecule has 0 spiro atoms. The molecule has 2 saturated heterocycles. The maximum Gasteiger partial charge on any atom is 0.391 e. The van der Waals surface area contributed by atoms with Gasteiger partial charge in [-0.05, 0) is 49.6 Å².